The van der Waals surface area contributed by atoms with Crippen LogP contribution in [0.4, 0.5) is 0 Å². The molecule has 2 heterocycles. The number of nitrogens with zero attached hydrogens (tertiary/aromatic N) is 4. The van der Waals surface area contributed by atoms with Crippen molar-refractivity contribution in [3.05, 3.63) is 17.9 Å². The number of hydrogen-bond donors (Lipinski definition) is 1. The summed E-state index contributed by atoms with van der Waals surface area (Å²) < 4.78 is 12.2. The number of hydrogen-bond acceptors (Lipinski definition) is 6. The monoisotopic (exact) mass is 280 g/mol. The lowest BCUT2D eigenvalue weighted by atomic mass is 10.2. The first-order valence-electron chi connectivity index (χ1n) is 6.23. The number of carboxylic acid groups (broad SMARTS) is 1. The van der Waals surface area contributed by atoms with E-state index >= 15 is 0 Å². The summed E-state index contributed by atoms with van der Waals surface area (Å²) in [5.74, 6) is 0.912. The lowest BCUT2D eigenvalue weighted by Crippen LogP contribution is -2.23. The molecule has 2 rings (SSSR count). The van der Waals surface area contributed by atoms with Crippen LogP contribution in [0.5, 0.6) is 0 Å². The molecule has 0 aliphatic heterocycles. The van der Waals surface area contributed by atoms with Gasteiger partial charge < -0.3 is 14.3 Å². The van der Waals surface area contributed by atoms with Crippen LogP contribution in [0.1, 0.15) is 19.1 Å². The van der Waals surface area contributed by atoms with Gasteiger partial charge in [0.15, 0.2) is 5.76 Å². The van der Waals surface area contributed by atoms with E-state index in [1.807, 2.05) is 13.0 Å². The summed E-state index contributed by atoms with van der Waals surface area (Å²) >= 11 is 0. The van der Waals surface area contributed by atoms with Crippen LogP contribution in [0.2, 0.25) is 0 Å². The molecule has 1 N–H and O–H groups in total. The van der Waals surface area contributed by atoms with E-state index in [9.17, 15) is 4.79 Å². The van der Waals surface area contributed by atoms with Crippen LogP contribution < -0.4 is 0 Å². The van der Waals surface area contributed by atoms with Crippen LogP contribution in [0.25, 0.3) is 11.6 Å². The molecular weight excluding hydrogens is 264 g/mol. The van der Waals surface area contributed by atoms with Gasteiger partial charge in [-0.1, -0.05) is 6.92 Å². The van der Waals surface area contributed by atoms with E-state index < -0.39 is 12.1 Å². The highest BCUT2D eigenvalue weighted by Gasteiger charge is 2.19. The Morgan fingerprint density at radius 1 is 1.55 bits per heavy atom. The van der Waals surface area contributed by atoms with Crippen molar-refractivity contribution in [3.63, 3.8) is 0 Å². The van der Waals surface area contributed by atoms with Crippen molar-refractivity contribution in [2.45, 2.75) is 32.4 Å². The zero-order valence-electron chi connectivity index (χ0n) is 11.3. The molecule has 0 saturated carbocycles. The van der Waals surface area contributed by atoms with E-state index in [2.05, 4.69) is 15.5 Å². The Morgan fingerprint density at radius 2 is 2.35 bits per heavy atom. The zero-order chi connectivity index (χ0) is 14.5. The molecule has 0 aliphatic carbocycles. The van der Waals surface area contributed by atoms with E-state index in [0.717, 1.165) is 12.2 Å². The SMILES string of the molecule is CCc1ccc(-c2nnnn2CC(CC(=O)O)OC)o1. The molecule has 0 aromatic carbocycles. The van der Waals surface area contributed by atoms with E-state index in [1.165, 1.54) is 11.8 Å². The number of rotatable bonds is 7. The maximum Gasteiger partial charge on any atom is 0.306 e. The molecule has 8 nitrogen and oxygen atoms in total. The van der Waals surface area contributed by atoms with Gasteiger partial charge in [0.2, 0.25) is 5.82 Å². The Hall–Kier alpha value is -2.22. The Balaban J connectivity index is 2.17. The van der Waals surface area contributed by atoms with Crippen molar-refractivity contribution >= 4 is 5.97 Å². The highest BCUT2D eigenvalue weighted by atomic mass is 16.5. The first-order chi connectivity index (χ1) is 9.63. The standard InChI is InChI=1S/C12H16N4O4/c1-3-8-4-5-10(20-8)12-13-14-15-16(12)7-9(19-2)6-11(17)18/h4-5,9H,3,6-7H2,1-2H3,(H,17,18). The summed E-state index contributed by atoms with van der Waals surface area (Å²) in [5, 5.41) is 20.2. The number of furan rings is 1. The normalized spacial score (nSPS) is 12.5. The molecule has 0 bridgehead atoms. The number of ether oxygens (including phenoxy) is 1. The third-order valence-corrected chi connectivity index (χ3v) is 2.87. The lowest BCUT2D eigenvalue weighted by Gasteiger charge is -2.12. The molecule has 0 radical (unpaired) electrons. The van der Waals surface area contributed by atoms with Gasteiger partial charge in [-0.15, -0.1) is 5.10 Å². The van der Waals surface area contributed by atoms with Gasteiger partial charge in [0.25, 0.3) is 0 Å². The summed E-state index contributed by atoms with van der Waals surface area (Å²) in [7, 11) is 1.46. The minimum Gasteiger partial charge on any atom is -0.481 e. The molecule has 0 fully saturated rings. The molecule has 8 heteroatoms. The molecule has 108 valence electrons. The van der Waals surface area contributed by atoms with Crippen molar-refractivity contribution in [1.82, 2.24) is 20.2 Å². The van der Waals surface area contributed by atoms with E-state index in [0.29, 0.717) is 11.6 Å². The number of carboxylic acids is 1. The van der Waals surface area contributed by atoms with Gasteiger partial charge in [0.1, 0.15) is 5.76 Å². The van der Waals surface area contributed by atoms with Gasteiger partial charge in [-0.2, -0.15) is 0 Å². The Bertz CT molecular complexity index is 578. The number of methoxy groups -OCH3 is 1. The van der Waals surface area contributed by atoms with Gasteiger partial charge in [-0.05, 0) is 22.6 Å². The Kier molecular flexibility index (Phi) is 4.46. The third-order valence-electron chi connectivity index (χ3n) is 2.87. The highest BCUT2D eigenvalue weighted by molar-refractivity contribution is 5.67. The van der Waals surface area contributed by atoms with Gasteiger partial charge >= 0.3 is 5.97 Å². The van der Waals surface area contributed by atoms with E-state index in [-0.39, 0.29) is 13.0 Å². The van der Waals surface area contributed by atoms with E-state index in [1.54, 1.807) is 6.07 Å². The lowest BCUT2D eigenvalue weighted by molar-refractivity contribution is -0.139. The fourth-order valence-corrected chi connectivity index (χ4v) is 1.80. The highest BCUT2D eigenvalue weighted by Crippen LogP contribution is 2.20. The average molecular weight is 280 g/mol. The van der Waals surface area contributed by atoms with Gasteiger partial charge in [0, 0.05) is 13.5 Å². The molecule has 0 aliphatic rings. The van der Waals surface area contributed by atoms with Crippen LogP contribution >= 0.6 is 0 Å². The fourth-order valence-electron chi connectivity index (χ4n) is 1.80. The fraction of sp³-hybridized carbons (Fsp3) is 0.500. The topological polar surface area (TPSA) is 103 Å². The van der Waals surface area contributed by atoms with Crippen LogP contribution in [0.3, 0.4) is 0 Å². The largest absolute Gasteiger partial charge is 0.481 e. The zero-order valence-corrected chi connectivity index (χ0v) is 11.3. The molecule has 0 saturated heterocycles. The van der Waals surface area contributed by atoms with Crippen LogP contribution in [0, 0.1) is 0 Å². The van der Waals surface area contributed by atoms with Gasteiger partial charge in [0.05, 0.1) is 19.1 Å². The number of aromatic nitrogens is 4. The van der Waals surface area contributed by atoms with Crippen molar-refractivity contribution in [2.24, 2.45) is 0 Å². The minimum absolute atomic E-state index is 0.117. The second-order valence-electron chi connectivity index (χ2n) is 4.26. The maximum atomic E-state index is 10.7. The second-order valence-corrected chi connectivity index (χ2v) is 4.26. The summed E-state index contributed by atoms with van der Waals surface area (Å²) in [6.07, 6.45) is 0.158. The van der Waals surface area contributed by atoms with E-state index in [4.69, 9.17) is 14.3 Å². The van der Waals surface area contributed by atoms with Crippen molar-refractivity contribution in [2.75, 3.05) is 7.11 Å². The predicted molar refractivity (Wildman–Crippen MR) is 67.9 cm³/mol. The molecular formula is C12H16N4O4. The number of tetrazole rings is 1. The van der Waals surface area contributed by atoms with Crippen molar-refractivity contribution in [3.8, 4) is 11.6 Å². The number of carbonyl (C=O) groups is 1. The van der Waals surface area contributed by atoms with Gasteiger partial charge in [-0.3, -0.25) is 4.79 Å². The summed E-state index contributed by atoms with van der Waals surface area (Å²) in [6, 6.07) is 3.65. The Labute approximate surface area is 115 Å². The quantitative estimate of drug-likeness (QED) is 0.806. The molecule has 2 aromatic rings. The number of aliphatic carboxylic acids is 1. The average Bonchev–Trinajstić information content (AvgIpc) is 3.05. The van der Waals surface area contributed by atoms with Crippen molar-refractivity contribution in [1.29, 1.82) is 0 Å². The molecule has 0 spiro atoms. The molecule has 20 heavy (non-hydrogen) atoms. The first kappa shape index (κ1) is 14.2. The first-order valence-corrected chi connectivity index (χ1v) is 6.23. The maximum absolute atomic E-state index is 10.7. The molecule has 1 unspecified atom stereocenters. The minimum atomic E-state index is -0.933. The molecule has 1 atom stereocenters. The summed E-state index contributed by atoms with van der Waals surface area (Å²) in [5.41, 5.74) is 0. The smallest absolute Gasteiger partial charge is 0.306 e. The molecule has 0 amide bonds. The van der Waals surface area contributed by atoms with Gasteiger partial charge in [-0.25, -0.2) is 4.68 Å². The van der Waals surface area contributed by atoms with Crippen LogP contribution in [0.15, 0.2) is 16.5 Å². The summed E-state index contributed by atoms with van der Waals surface area (Å²) in [4.78, 5) is 10.7. The van der Waals surface area contributed by atoms with Crippen LogP contribution in [-0.2, 0) is 22.5 Å². The number of aryl methyl sites for hydroxylation is 1. The second kappa shape index (κ2) is 6.29. The third kappa shape index (κ3) is 3.21. The predicted octanol–water partition coefficient (Wildman–Crippen LogP) is 0.985. The van der Waals surface area contributed by atoms with Crippen molar-refractivity contribution < 1.29 is 19.1 Å². The summed E-state index contributed by atoms with van der Waals surface area (Å²) in [6.45, 7) is 2.23. The Morgan fingerprint density at radius 3 is 2.95 bits per heavy atom. The molecule has 2 aromatic heterocycles. The van der Waals surface area contributed by atoms with Crippen LogP contribution in [-0.4, -0.2) is 44.5 Å².